The molecule has 1 fully saturated rings. The molecular weight excluding hydrogens is 380 g/mol. The third-order valence-corrected chi connectivity index (χ3v) is 5.77. The number of rotatable bonds is 4. The fourth-order valence-electron chi connectivity index (χ4n) is 3.67. The zero-order valence-corrected chi connectivity index (χ0v) is 16.9. The van der Waals surface area contributed by atoms with Gasteiger partial charge in [0.2, 0.25) is 0 Å². The highest BCUT2D eigenvalue weighted by molar-refractivity contribution is 6.31. The zero-order chi connectivity index (χ0) is 20.2. The highest BCUT2D eigenvalue weighted by Crippen LogP contribution is 2.43. The summed E-state index contributed by atoms with van der Waals surface area (Å²) in [5, 5.41) is 9.63. The van der Waals surface area contributed by atoms with Crippen LogP contribution in [-0.2, 0) is 6.42 Å². The van der Waals surface area contributed by atoms with Gasteiger partial charge in [-0.3, -0.25) is 4.79 Å². The minimum absolute atomic E-state index is 0.0343. The highest BCUT2D eigenvalue weighted by Gasteiger charge is 2.35. The van der Waals surface area contributed by atoms with E-state index in [4.69, 9.17) is 16.3 Å². The summed E-state index contributed by atoms with van der Waals surface area (Å²) in [6, 6.07) is 3.24. The smallest absolute Gasteiger partial charge is 0.341 e. The molecule has 148 valence electrons. The molecule has 0 unspecified atom stereocenters. The van der Waals surface area contributed by atoms with Gasteiger partial charge in [-0.05, 0) is 42.2 Å². The maximum absolute atomic E-state index is 12.4. The number of hydrogen-bond acceptors (Lipinski definition) is 4. The van der Waals surface area contributed by atoms with Gasteiger partial charge in [-0.25, -0.2) is 9.78 Å². The lowest BCUT2D eigenvalue weighted by Crippen LogP contribution is -2.33. The third kappa shape index (κ3) is 3.41. The quantitative estimate of drug-likeness (QED) is 0.775. The van der Waals surface area contributed by atoms with Gasteiger partial charge in [0.25, 0.3) is 0 Å². The zero-order valence-electron chi connectivity index (χ0n) is 16.2. The molecule has 1 atom stereocenters. The van der Waals surface area contributed by atoms with E-state index in [0.29, 0.717) is 36.1 Å². The van der Waals surface area contributed by atoms with Crippen LogP contribution in [0.5, 0.6) is 5.75 Å². The van der Waals surface area contributed by atoms with E-state index < -0.39 is 11.4 Å². The van der Waals surface area contributed by atoms with Crippen molar-refractivity contribution in [3.05, 3.63) is 44.8 Å². The molecule has 0 saturated heterocycles. The lowest BCUT2D eigenvalue weighted by molar-refractivity contribution is 0.0693. The molecule has 1 N–H and O–H groups in total. The van der Waals surface area contributed by atoms with E-state index in [1.807, 2.05) is 10.6 Å². The van der Waals surface area contributed by atoms with Crippen molar-refractivity contribution in [2.45, 2.75) is 46.1 Å². The fraction of sp³-hybridized carbons (Fsp3) is 0.476. The van der Waals surface area contributed by atoms with E-state index in [1.165, 1.54) is 25.1 Å². The number of carboxylic acid groups (broad SMARTS) is 1. The van der Waals surface area contributed by atoms with Crippen LogP contribution in [0.25, 0.3) is 11.4 Å². The average molecular weight is 403 g/mol. The van der Waals surface area contributed by atoms with Crippen molar-refractivity contribution in [1.29, 1.82) is 0 Å². The maximum Gasteiger partial charge on any atom is 0.341 e. The summed E-state index contributed by atoms with van der Waals surface area (Å²) in [7, 11) is 0. The molecule has 2 aromatic rings. The maximum atomic E-state index is 12.4. The molecule has 0 spiro atoms. The number of nitrogens with zero attached hydrogens (tertiary/aromatic N) is 2. The van der Waals surface area contributed by atoms with Crippen LogP contribution in [0.4, 0.5) is 0 Å². The van der Waals surface area contributed by atoms with Crippen LogP contribution in [0.15, 0.2) is 23.1 Å². The molecule has 1 saturated carbocycles. The second-order valence-electron chi connectivity index (χ2n) is 8.77. The topological polar surface area (TPSA) is 81.4 Å². The number of aromatic carboxylic acids is 1. The van der Waals surface area contributed by atoms with Crippen LogP contribution < -0.4 is 10.2 Å². The first-order valence-corrected chi connectivity index (χ1v) is 9.85. The number of carbonyl (C=O) groups is 1. The first kappa shape index (κ1) is 19.0. The van der Waals surface area contributed by atoms with Crippen LogP contribution in [0.1, 0.15) is 55.6 Å². The van der Waals surface area contributed by atoms with E-state index in [-0.39, 0.29) is 22.2 Å². The van der Waals surface area contributed by atoms with Gasteiger partial charge in [-0.2, -0.15) is 0 Å². The van der Waals surface area contributed by atoms with Gasteiger partial charge in [0.15, 0.2) is 16.3 Å². The second kappa shape index (κ2) is 6.62. The Morgan fingerprint density at radius 1 is 1.36 bits per heavy atom. The van der Waals surface area contributed by atoms with E-state index in [2.05, 4.69) is 25.8 Å². The van der Waals surface area contributed by atoms with Gasteiger partial charge >= 0.3 is 5.97 Å². The van der Waals surface area contributed by atoms with Crippen LogP contribution in [0.2, 0.25) is 5.15 Å². The van der Waals surface area contributed by atoms with Gasteiger partial charge < -0.3 is 14.4 Å². The van der Waals surface area contributed by atoms with Crippen molar-refractivity contribution in [2.24, 2.45) is 11.3 Å². The minimum Gasteiger partial charge on any atom is -0.490 e. The SMILES string of the molecule is CC(C)(C)[C@H]1Cc2cc(OCC3CC3)c(Cl)nc2-c2cc(=O)c(C(=O)O)cn21. The normalized spacial score (nSPS) is 18.4. The van der Waals surface area contributed by atoms with Crippen molar-refractivity contribution in [2.75, 3.05) is 6.61 Å². The largest absolute Gasteiger partial charge is 0.490 e. The van der Waals surface area contributed by atoms with E-state index in [0.717, 1.165) is 5.56 Å². The Balaban J connectivity index is 1.86. The molecule has 0 bridgehead atoms. The van der Waals surface area contributed by atoms with Crippen molar-refractivity contribution < 1.29 is 14.6 Å². The Labute approximate surface area is 168 Å². The van der Waals surface area contributed by atoms with Crippen molar-refractivity contribution in [1.82, 2.24) is 9.55 Å². The van der Waals surface area contributed by atoms with E-state index >= 15 is 0 Å². The van der Waals surface area contributed by atoms with Gasteiger partial charge in [0.1, 0.15) is 5.56 Å². The Kier molecular flexibility index (Phi) is 4.49. The van der Waals surface area contributed by atoms with Crippen LogP contribution in [0, 0.1) is 11.3 Å². The molecule has 0 radical (unpaired) electrons. The van der Waals surface area contributed by atoms with Gasteiger partial charge in [-0.15, -0.1) is 0 Å². The molecule has 28 heavy (non-hydrogen) atoms. The predicted molar refractivity (Wildman–Crippen MR) is 106 cm³/mol. The number of halogens is 1. The fourth-order valence-corrected chi connectivity index (χ4v) is 3.86. The molecule has 3 heterocycles. The number of hydrogen-bond donors (Lipinski definition) is 1. The molecule has 2 aromatic heterocycles. The molecule has 4 rings (SSSR count). The lowest BCUT2D eigenvalue weighted by atomic mass is 9.80. The third-order valence-electron chi connectivity index (χ3n) is 5.50. The minimum atomic E-state index is -1.23. The first-order valence-electron chi connectivity index (χ1n) is 9.47. The summed E-state index contributed by atoms with van der Waals surface area (Å²) in [5.41, 5.74) is 1.22. The lowest BCUT2D eigenvalue weighted by Gasteiger charge is -2.38. The average Bonchev–Trinajstić information content (AvgIpc) is 3.42. The Bertz CT molecular complexity index is 1020. The first-order chi connectivity index (χ1) is 13.1. The summed E-state index contributed by atoms with van der Waals surface area (Å²) >= 11 is 6.36. The molecule has 1 aliphatic heterocycles. The number of aromatic nitrogens is 2. The number of fused-ring (bicyclic) bond motifs is 3. The second-order valence-corrected chi connectivity index (χ2v) is 9.13. The van der Waals surface area contributed by atoms with E-state index in [9.17, 15) is 14.7 Å². The van der Waals surface area contributed by atoms with Gasteiger partial charge in [0.05, 0.1) is 18.0 Å². The van der Waals surface area contributed by atoms with Crippen LogP contribution in [0.3, 0.4) is 0 Å². The molecule has 2 aliphatic rings. The van der Waals surface area contributed by atoms with Gasteiger partial charge in [0, 0.05) is 18.3 Å². The molecule has 6 nitrogen and oxygen atoms in total. The van der Waals surface area contributed by atoms with Crippen molar-refractivity contribution in [3.63, 3.8) is 0 Å². The highest BCUT2D eigenvalue weighted by atomic mass is 35.5. The molecular formula is C21H23ClN2O4. The summed E-state index contributed by atoms with van der Waals surface area (Å²) < 4.78 is 7.73. The summed E-state index contributed by atoms with van der Waals surface area (Å²) in [5.74, 6) is -0.0605. The number of pyridine rings is 2. The Morgan fingerprint density at radius 3 is 2.68 bits per heavy atom. The summed E-state index contributed by atoms with van der Waals surface area (Å²) in [6.45, 7) is 6.93. The Morgan fingerprint density at radius 2 is 2.07 bits per heavy atom. The van der Waals surface area contributed by atoms with Gasteiger partial charge in [-0.1, -0.05) is 32.4 Å². The number of ether oxygens (including phenoxy) is 1. The standard InChI is InChI=1S/C21H23ClN2O4/c1-21(2,3)17-7-12-6-16(28-10-11-4-5-11)19(22)23-18(12)14-8-15(25)13(20(26)27)9-24(14)17/h6,8-9,11,17H,4-5,7,10H2,1-3H3,(H,26,27)/t17-/m1/s1. The molecule has 7 heteroatoms. The van der Waals surface area contributed by atoms with Crippen LogP contribution >= 0.6 is 11.6 Å². The monoisotopic (exact) mass is 402 g/mol. The van der Waals surface area contributed by atoms with Crippen LogP contribution in [-0.4, -0.2) is 27.2 Å². The van der Waals surface area contributed by atoms with E-state index in [1.54, 1.807) is 0 Å². The molecule has 1 aliphatic carbocycles. The van der Waals surface area contributed by atoms with Crippen molar-refractivity contribution in [3.8, 4) is 17.1 Å². The Hall–Kier alpha value is -2.34. The predicted octanol–water partition coefficient (Wildman–Crippen LogP) is 4.19. The summed E-state index contributed by atoms with van der Waals surface area (Å²) in [4.78, 5) is 28.3. The summed E-state index contributed by atoms with van der Waals surface area (Å²) in [6.07, 6.45) is 4.46. The molecule has 0 aromatic carbocycles. The molecule has 0 amide bonds. The number of carboxylic acids is 1. The van der Waals surface area contributed by atoms with Crippen molar-refractivity contribution >= 4 is 17.6 Å².